The van der Waals surface area contributed by atoms with Gasteiger partial charge in [0.05, 0.1) is 18.6 Å². The van der Waals surface area contributed by atoms with Gasteiger partial charge in [0.2, 0.25) is 10.0 Å². The SMILES string of the molecule is CCN([C@H]1CCS(=O)(=O)C1)S(=O)(=O)c1cc(C)ccc1OC. The first-order valence-corrected chi connectivity index (χ1v) is 10.3. The van der Waals surface area contributed by atoms with Gasteiger partial charge in [0, 0.05) is 12.6 Å². The first kappa shape index (κ1) is 17.2. The third-order valence-electron chi connectivity index (χ3n) is 3.83. The Morgan fingerprint density at radius 3 is 2.55 bits per heavy atom. The minimum absolute atomic E-state index is 0.0363. The summed E-state index contributed by atoms with van der Waals surface area (Å²) in [5, 5.41) is 0. The lowest BCUT2D eigenvalue weighted by atomic mass is 10.2. The van der Waals surface area contributed by atoms with E-state index in [-0.39, 0.29) is 28.7 Å². The van der Waals surface area contributed by atoms with Crippen LogP contribution in [-0.4, -0.2) is 52.3 Å². The molecule has 0 spiro atoms. The zero-order chi connectivity index (χ0) is 16.5. The highest BCUT2D eigenvalue weighted by Gasteiger charge is 2.38. The van der Waals surface area contributed by atoms with Crippen molar-refractivity contribution in [3.8, 4) is 5.75 Å². The van der Waals surface area contributed by atoms with E-state index >= 15 is 0 Å². The second kappa shape index (κ2) is 6.17. The van der Waals surface area contributed by atoms with Gasteiger partial charge >= 0.3 is 0 Å². The van der Waals surface area contributed by atoms with E-state index in [4.69, 9.17) is 4.74 Å². The molecule has 0 saturated carbocycles. The molecule has 22 heavy (non-hydrogen) atoms. The summed E-state index contributed by atoms with van der Waals surface area (Å²) < 4.78 is 55.6. The van der Waals surface area contributed by atoms with Crippen LogP contribution in [0.4, 0.5) is 0 Å². The van der Waals surface area contributed by atoms with Crippen LogP contribution in [-0.2, 0) is 19.9 Å². The fourth-order valence-electron chi connectivity index (χ4n) is 2.74. The Morgan fingerprint density at radius 1 is 1.36 bits per heavy atom. The molecule has 0 amide bonds. The number of rotatable bonds is 5. The van der Waals surface area contributed by atoms with Gasteiger partial charge in [-0.15, -0.1) is 0 Å². The summed E-state index contributed by atoms with van der Waals surface area (Å²) in [6.45, 7) is 3.74. The van der Waals surface area contributed by atoms with Crippen LogP contribution in [0.2, 0.25) is 0 Å². The standard InChI is InChI=1S/C14H21NO5S2/c1-4-15(12-7-8-21(16,17)10-12)22(18,19)14-9-11(2)5-6-13(14)20-3/h5-6,9,12H,4,7-8,10H2,1-3H3/t12-/m0/s1. The van der Waals surface area contributed by atoms with Crippen molar-refractivity contribution in [1.82, 2.24) is 4.31 Å². The lowest BCUT2D eigenvalue weighted by Crippen LogP contribution is -2.41. The minimum atomic E-state index is -3.81. The topological polar surface area (TPSA) is 80.8 Å². The minimum Gasteiger partial charge on any atom is -0.495 e. The highest BCUT2D eigenvalue weighted by atomic mass is 32.2. The molecular formula is C14H21NO5S2. The van der Waals surface area contributed by atoms with Crippen molar-refractivity contribution in [1.29, 1.82) is 0 Å². The highest BCUT2D eigenvalue weighted by Crippen LogP contribution is 2.31. The predicted molar refractivity (Wildman–Crippen MR) is 84.4 cm³/mol. The van der Waals surface area contributed by atoms with Crippen molar-refractivity contribution in [2.24, 2.45) is 0 Å². The van der Waals surface area contributed by atoms with Gasteiger partial charge in [-0.05, 0) is 31.0 Å². The molecule has 0 radical (unpaired) electrons. The maximum absolute atomic E-state index is 12.9. The Morgan fingerprint density at radius 2 is 2.05 bits per heavy atom. The molecular weight excluding hydrogens is 326 g/mol. The van der Waals surface area contributed by atoms with Gasteiger partial charge in [-0.1, -0.05) is 13.0 Å². The molecule has 0 N–H and O–H groups in total. The lowest BCUT2D eigenvalue weighted by molar-refractivity contribution is 0.349. The molecule has 1 saturated heterocycles. The van der Waals surface area contributed by atoms with Gasteiger partial charge in [-0.2, -0.15) is 4.31 Å². The predicted octanol–water partition coefficient (Wildman–Crippen LogP) is 1.20. The summed E-state index contributed by atoms with van der Waals surface area (Å²) in [4.78, 5) is 0.0844. The zero-order valence-corrected chi connectivity index (χ0v) is 14.6. The summed E-state index contributed by atoms with van der Waals surface area (Å²) in [5.41, 5.74) is 0.800. The number of nitrogens with zero attached hydrogens (tertiary/aromatic N) is 1. The van der Waals surface area contributed by atoms with Crippen LogP contribution in [0.5, 0.6) is 5.75 Å². The van der Waals surface area contributed by atoms with E-state index in [9.17, 15) is 16.8 Å². The highest BCUT2D eigenvalue weighted by molar-refractivity contribution is 7.92. The molecule has 1 heterocycles. The molecule has 1 aliphatic rings. The molecule has 0 aliphatic carbocycles. The first-order valence-electron chi connectivity index (χ1n) is 7.08. The molecule has 1 aliphatic heterocycles. The molecule has 1 aromatic rings. The number of sulfone groups is 1. The average molecular weight is 347 g/mol. The molecule has 0 unspecified atom stereocenters. The maximum Gasteiger partial charge on any atom is 0.247 e. The van der Waals surface area contributed by atoms with E-state index in [0.29, 0.717) is 6.42 Å². The van der Waals surface area contributed by atoms with Crippen LogP contribution in [0.1, 0.15) is 18.9 Å². The van der Waals surface area contributed by atoms with Gasteiger partial charge < -0.3 is 4.74 Å². The maximum atomic E-state index is 12.9. The van der Waals surface area contributed by atoms with Crippen LogP contribution < -0.4 is 4.74 Å². The summed E-state index contributed by atoms with van der Waals surface area (Å²) >= 11 is 0. The average Bonchev–Trinajstić information content (AvgIpc) is 2.79. The molecule has 6 nitrogen and oxygen atoms in total. The van der Waals surface area contributed by atoms with Crippen molar-refractivity contribution in [2.75, 3.05) is 25.2 Å². The quantitative estimate of drug-likeness (QED) is 0.799. The van der Waals surface area contributed by atoms with Crippen molar-refractivity contribution in [2.45, 2.75) is 31.2 Å². The van der Waals surface area contributed by atoms with Crippen molar-refractivity contribution in [3.05, 3.63) is 23.8 Å². The smallest absolute Gasteiger partial charge is 0.247 e. The van der Waals surface area contributed by atoms with Gasteiger partial charge in [0.25, 0.3) is 0 Å². The van der Waals surface area contributed by atoms with Crippen LogP contribution >= 0.6 is 0 Å². The van der Waals surface area contributed by atoms with E-state index in [2.05, 4.69) is 0 Å². The Hall–Kier alpha value is -1.12. The number of sulfonamides is 1. The summed E-state index contributed by atoms with van der Waals surface area (Å²) in [6.07, 6.45) is 0.337. The summed E-state index contributed by atoms with van der Waals surface area (Å²) in [6, 6.07) is 4.43. The van der Waals surface area contributed by atoms with E-state index in [1.165, 1.54) is 11.4 Å². The van der Waals surface area contributed by atoms with Crippen LogP contribution in [0.15, 0.2) is 23.1 Å². The largest absolute Gasteiger partial charge is 0.495 e. The Kier molecular flexibility index (Phi) is 4.84. The second-order valence-corrected chi connectivity index (χ2v) is 9.51. The third-order valence-corrected chi connectivity index (χ3v) is 7.63. The second-order valence-electron chi connectivity index (χ2n) is 5.42. The molecule has 0 bridgehead atoms. The number of aryl methyl sites for hydroxylation is 1. The number of benzene rings is 1. The van der Waals surface area contributed by atoms with E-state index < -0.39 is 25.9 Å². The van der Waals surface area contributed by atoms with E-state index in [1.807, 2.05) is 0 Å². The fraction of sp³-hybridized carbons (Fsp3) is 0.571. The Balaban J connectivity index is 2.46. The van der Waals surface area contributed by atoms with E-state index in [1.54, 1.807) is 32.0 Å². The zero-order valence-electron chi connectivity index (χ0n) is 12.9. The monoisotopic (exact) mass is 347 g/mol. The van der Waals surface area contributed by atoms with Crippen LogP contribution in [0.3, 0.4) is 0 Å². The molecule has 1 fully saturated rings. The summed E-state index contributed by atoms with van der Waals surface area (Å²) in [7, 11) is -5.54. The van der Waals surface area contributed by atoms with Crippen molar-refractivity contribution in [3.63, 3.8) is 0 Å². The van der Waals surface area contributed by atoms with Gasteiger partial charge in [-0.3, -0.25) is 0 Å². The number of hydrogen-bond acceptors (Lipinski definition) is 5. The first-order chi connectivity index (χ1) is 10.2. The van der Waals surface area contributed by atoms with Crippen LogP contribution in [0.25, 0.3) is 0 Å². The summed E-state index contributed by atoms with van der Waals surface area (Å²) in [5.74, 6) is 0.188. The molecule has 124 valence electrons. The molecule has 2 rings (SSSR count). The molecule has 8 heteroatoms. The van der Waals surface area contributed by atoms with Crippen LogP contribution in [0, 0.1) is 6.92 Å². The Labute approximate surface area is 132 Å². The van der Waals surface area contributed by atoms with Gasteiger partial charge in [0.1, 0.15) is 10.6 Å². The lowest BCUT2D eigenvalue weighted by Gasteiger charge is -2.26. The fourth-order valence-corrected chi connectivity index (χ4v) is 6.47. The van der Waals surface area contributed by atoms with Crippen molar-refractivity contribution >= 4 is 19.9 Å². The molecule has 0 aromatic heterocycles. The number of methoxy groups -OCH3 is 1. The molecule has 1 atom stereocenters. The third kappa shape index (κ3) is 3.28. The molecule has 1 aromatic carbocycles. The Bertz CT molecular complexity index is 755. The van der Waals surface area contributed by atoms with Crippen molar-refractivity contribution < 1.29 is 21.6 Å². The number of ether oxygens (including phenoxy) is 1. The normalized spacial score (nSPS) is 21.2. The van der Waals surface area contributed by atoms with Gasteiger partial charge in [0.15, 0.2) is 9.84 Å². The van der Waals surface area contributed by atoms with E-state index in [0.717, 1.165) is 5.56 Å². The number of hydrogen-bond donors (Lipinski definition) is 0. The van der Waals surface area contributed by atoms with Gasteiger partial charge in [-0.25, -0.2) is 16.8 Å².